The summed E-state index contributed by atoms with van der Waals surface area (Å²) in [5.41, 5.74) is 1.29. The third-order valence-electron chi connectivity index (χ3n) is 6.77. The van der Waals surface area contributed by atoms with Gasteiger partial charge in [0.1, 0.15) is 11.9 Å². The highest BCUT2D eigenvalue weighted by Gasteiger charge is 2.31. The molecule has 28 heavy (non-hydrogen) atoms. The van der Waals surface area contributed by atoms with E-state index in [0.29, 0.717) is 12.6 Å². The van der Waals surface area contributed by atoms with E-state index >= 15 is 0 Å². The lowest BCUT2D eigenvalue weighted by Crippen LogP contribution is -2.44. The van der Waals surface area contributed by atoms with E-state index < -0.39 is 0 Å². The summed E-state index contributed by atoms with van der Waals surface area (Å²) in [6.07, 6.45) is 10.3. The van der Waals surface area contributed by atoms with Crippen molar-refractivity contribution in [2.75, 3.05) is 26.3 Å². The lowest BCUT2D eigenvalue weighted by molar-refractivity contribution is -0.137. The third kappa shape index (κ3) is 3.41. The van der Waals surface area contributed by atoms with E-state index in [0.717, 1.165) is 44.7 Å². The van der Waals surface area contributed by atoms with Gasteiger partial charge in [0.25, 0.3) is 0 Å². The van der Waals surface area contributed by atoms with Crippen LogP contribution < -0.4 is 4.74 Å². The van der Waals surface area contributed by atoms with Crippen molar-refractivity contribution in [1.82, 2.24) is 9.47 Å². The number of amides is 1. The molecule has 1 atom stereocenters. The number of hydrogen-bond donors (Lipinski definition) is 0. The smallest absolute Gasteiger partial charge is 0.228 e. The van der Waals surface area contributed by atoms with Gasteiger partial charge in [0.15, 0.2) is 0 Å². The van der Waals surface area contributed by atoms with E-state index in [2.05, 4.69) is 35.0 Å². The van der Waals surface area contributed by atoms with E-state index in [4.69, 9.17) is 9.47 Å². The van der Waals surface area contributed by atoms with Gasteiger partial charge in [-0.3, -0.25) is 4.79 Å². The van der Waals surface area contributed by atoms with Crippen molar-refractivity contribution < 1.29 is 14.3 Å². The zero-order valence-corrected chi connectivity index (χ0v) is 16.5. The summed E-state index contributed by atoms with van der Waals surface area (Å²) in [7, 11) is 0. The molecule has 1 amide bonds. The number of fused-ring (bicyclic) bond motifs is 1. The number of carbonyl (C=O) groups is 1. The van der Waals surface area contributed by atoms with Gasteiger partial charge in [0.2, 0.25) is 5.91 Å². The molecule has 3 fully saturated rings. The van der Waals surface area contributed by atoms with Gasteiger partial charge >= 0.3 is 0 Å². The number of ether oxygens (including phenoxy) is 2. The maximum atomic E-state index is 12.6. The lowest BCUT2D eigenvalue weighted by Gasteiger charge is -2.33. The van der Waals surface area contributed by atoms with Gasteiger partial charge in [-0.15, -0.1) is 0 Å². The Labute approximate surface area is 166 Å². The molecule has 3 aliphatic rings. The molecule has 0 radical (unpaired) electrons. The minimum Gasteiger partial charge on any atom is -0.490 e. The first-order valence-electron chi connectivity index (χ1n) is 10.9. The molecule has 150 valence electrons. The molecule has 1 aromatic carbocycles. The number of carbonyl (C=O) groups excluding carboxylic acids is 1. The van der Waals surface area contributed by atoms with E-state index in [-0.39, 0.29) is 17.9 Å². The Hall–Kier alpha value is -2.01. The van der Waals surface area contributed by atoms with E-state index in [1.165, 1.54) is 36.6 Å². The molecule has 1 unspecified atom stereocenters. The summed E-state index contributed by atoms with van der Waals surface area (Å²) < 4.78 is 14.2. The molecule has 1 saturated carbocycles. The summed E-state index contributed by atoms with van der Waals surface area (Å²) in [6.45, 7) is 2.90. The average Bonchev–Trinajstić information content (AvgIpc) is 3.49. The second-order valence-corrected chi connectivity index (χ2v) is 8.55. The Morgan fingerprint density at radius 2 is 1.86 bits per heavy atom. The molecule has 2 aliphatic heterocycles. The first-order chi connectivity index (χ1) is 13.8. The average molecular weight is 383 g/mol. The van der Waals surface area contributed by atoms with Crippen LogP contribution in [-0.2, 0) is 9.53 Å². The van der Waals surface area contributed by atoms with Crippen LogP contribution in [0.15, 0.2) is 30.5 Å². The number of benzene rings is 1. The Morgan fingerprint density at radius 3 is 2.61 bits per heavy atom. The van der Waals surface area contributed by atoms with Crippen LogP contribution in [-0.4, -0.2) is 47.8 Å². The molecule has 0 bridgehead atoms. The van der Waals surface area contributed by atoms with Crippen molar-refractivity contribution in [2.24, 2.45) is 5.92 Å². The molecule has 1 aliphatic carbocycles. The minimum atomic E-state index is 0.0709. The van der Waals surface area contributed by atoms with Gasteiger partial charge in [-0.2, -0.15) is 0 Å². The fourth-order valence-corrected chi connectivity index (χ4v) is 5.12. The summed E-state index contributed by atoms with van der Waals surface area (Å²) in [4.78, 5) is 14.6. The van der Waals surface area contributed by atoms with E-state index in [1.54, 1.807) is 0 Å². The van der Waals surface area contributed by atoms with Gasteiger partial charge < -0.3 is 18.9 Å². The van der Waals surface area contributed by atoms with Crippen LogP contribution in [0.3, 0.4) is 0 Å². The number of hydrogen-bond acceptors (Lipinski definition) is 3. The normalized spacial score (nSPS) is 24.3. The summed E-state index contributed by atoms with van der Waals surface area (Å²) in [6, 6.07) is 9.27. The number of likely N-dealkylation sites (tertiary alicyclic amines) is 1. The highest BCUT2D eigenvalue weighted by Crippen LogP contribution is 2.36. The van der Waals surface area contributed by atoms with Crippen LogP contribution >= 0.6 is 0 Å². The Balaban J connectivity index is 1.24. The van der Waals surface area contributed by atoms with Crippen molar-refractivity contribution in [3.05, 3.63) is 30.5 Å². The molecule has 5 rings (SSSR count). The lowest BCUT2D eigenvalue weighted by atomic mass is 10.0. The monoisotopic (exact) mass is 382 g/mol. The Morgan fingerprint density at radius 1 is 1.04 bits per heavy atom. The predicted octanol–water partition coefficient (Wildman–Crippen LogP) is 4.16. The van der Waals surface area contributed by atoms with Crippen LogP contribution in [0.5, 0.6) is 5.75 Å². The Kier molecular flexibility index (Phi) is 5.02. The summed E-state index contributed by atoms with van der Waals surface area (Å²) >= 11 is 0. The number of piperidine rings is 1. The molecule has 0 N–H and O–H groups in total. The molecular weight excluding hydrogens is 352 g/mol. The highest BCUT2D eigenvalue weighted by molar-refractivity contribution is 5.86. The molecule has 5 nitrogen and oxygen atoms in total. The zero-order valence-electron chi connectivity index (χ0n) is 16.5. The maximum absolute atomic E-state index is 12.6. The quantitative estimate of drug-likeness (QED) is 0.797. The fourth-order valence-electron chi connectivity index (χ4n) is 5.12. The largest absolute Gasteiger partial charge is 0.490 e. The topological polar surface area (TPSA) is 43.7 Å². The van der Waals surface area contributed by atoms with Crippen molar-refractivity contribution >= 4 is 16.8 Å². The van der Waals surface area contributed by atoms with Gasteiger partial charge in [0.05, 0.1) is 18.0 Å². The second kappa shape index (κ2) is 7.78. The summed E-state index contributed by atoms with van der Waals surface area (Å²) in [5.74, 6) is 1.33. The van der Waals surface area contributed by atoms with Gasteiger partial charge in [-0.25, -0.2) is 0 Å². The SMILES string of the molecule is O=C(C1CCOC1)N1CCC(Oc2cccc3c2ccn3C2CCCC2)CC1. The predicted molar refractivity (Wildman–Crippen MR) is 109 cm³/mol. The van der Waals surface area contributed by atoms with Crippen molar-refractivity contribution in [1.29, 1.82) is 0 Å². The minimum absolute atomic E-state index is 0.0709. The zero-order chi connectivity index (χ0) is 18.9. The first kappa shape index (κ1) is 18.0. The number of nitrogens with zero attached hydrogens (tertiary/aromatic N) is 2. The van der Waals surface area contributed by atoms with Crippen LogP contribution in [0.4, 0.5) is 0 Å². The van der Waals surface area contributed by atoms with Crippen LogP contribution in [0, 0.1) is 5.92 Å². The standard InChI is InChI=1S/C23H30N2O3/c26-23(17-11-15-27-16-17)24-12-8-19(9-13-24)28-22-7-3-6-21-20(22)10-14-25(21)18-4-1-2-5-18/h3,6-7,10,14,17-19H,1-2,4-5,8-9,11-13,15-16H2. The van der Waals surface area contributed by atoms with Crippen molar-refractivity contribution in [2.45, 2.75) is 57.1 Å². The van der Waals surface area contributed by atoms with Gasteiger partial charge in [-0.1, -0.05) is 18.9 Å². The van der Waals surface area contributed by atoms with E-state index in [9.17, 15) is 4.79 Å². The van der Waals surface area contributed by atoms with Gasteiger partial charge in [0, 0.05) is 50.2 Å². The molecule has 3 heterocycles. The van der Waals surface area contributed by atoms with Gasteiger partial charge in [-0.05, 0) is 37.5 Å². The third-order valence-corrected chi connectivity index (χ3v) is 6.77. The molecule has 1 aromatic heterocycles. The fraction of sp³-hybridized carbons (Fsp3) is 0.609. The first-order valence-corrected chi connectivity index (χ1v) is 10.9. The highest BCUT2D eigenvalue weighted by atomic mass is 16.5. The number of aromatic nitrogens is 1. The molecule has 2 saturated heterocycles. The van der Waals surface area contributed by atoms with Crippen LogP contribution in [0.1, 0.15) is 51.0 Å². The van der Waals surface area contributed by atoms with E-state index in [1.807, 2.05) is 4.90 Å². The maximum Gasteiger partial charge on any atom is 0.228 e. The second-order valence-electron chi connectivity index (χ2n) is 8.55. The Bertz CT molecular complexity index is 825. The van der Waals surface area contributed by atoms with Crippen LogP contribution in [0.25, 0.3) is 10.9 Å². The van der Waals surface area contributed by atoms with Crippen molar-refractivity contribution in [3.63, 3.8) is 0 Å². The number of rotatable bonds is 4. The van der Waals surface area contributed by atoms with Crippen molar-refractivity contribution in [3.8, 4) is 5.75 Å². The molecular formula is C23H30N2O3. The molecule has 2 aromatic rings. The van der Waals surface area contributed by atoms with Crippen LogP contribution in [0.2, 0.25) is 0 Å². The molecule has 0 spiro atoms. The summed E-state index contributed by atoms with van der Waals surface area (Å²) in [5, 5.41) is 1.22. The molecule has 5 heteroatoms.